The molecule has 4 nitrogen and oxygen atoms in total. The van der Waals surface area contributed by atoms with Gasteiger partial charge in [-0.2, -0.15) is 0 Å². The Morgan fingerprint density at radius 3 is 1.76 bits per heavy atom. The fraction of sp³-hybridized carbons (Fsp3) is 0.833. The lowest BCUT2D eigenvalue weighted by molar-refractivity contribution is -0.173. The van der Waals surface area contributed by atoms with Crippen molar-refractivity contribution in [2.24, 2.45) is 5.41 Å². The van der Waals surface area contributed by atoms with Crippen LogP contribution in [0.5, 0.6) is 0 Å². The number of esters is 2. The van der Waals surface area contributed by atoms with Crippen LogP contribution in [0.2, 0.25) is 0 Å². The van der Waals surface area contributed by atoms with Gasteiger partial charge in [-0.3, -0.25) is 14.0 Å². The topological polar surface area (TPSA) is 52.6 Å². The minimum absolute atomic E-state index is 0.163. The van der Waals surface area contributed by atoms with E-state index in [1.54, 1.807) is 13.8 Å². The predicted octanol–water partition coefficient (Wildman–Crippen LogP) is 2.26. The second kappa shape index (κ2) is 8.03. The Bertz CT molecular complexity index is 227. The highest BCUT2D eigenvalue weighted by molar-refractivity contribution is 6.00. The van der Waals surface area contributed by atoms with Crippen molar-refractivity contribution in [1.29, 1.82) is 0 Å². The molecule has 0 radical (unpaired) electrons. The van der Waals surface area contributed by atoms with Crippen LogP contribution in [0.3, 0.4) is 0 Å². The first kappa shape index (κ1) is 15.9. The van der Waals surface area contributed by atoms with Crippen LogP contribution in [0.25, 0.3) is 0 Å². The third-order valence-corrected chi connectivity index (χ3v) is 2.53. The normalized spacial score (nSPS) is 11.1. The van der Waals surface area contributed by atoms with E-state index in [2.05, 4.69) is 0 Å². The molecule has 0 heterocycles. The van der Waals surface area contributed by atoms with Gasteiger partial charge in [-0.15, -0.1) is 0 Å². The monoisotopic (exact) mass is 248 g/mol. The number of carbonyl (C=O) groups is 2. The van der Waals surface area contributed by atoms with Crippen molar-refractivity contribution in [3.63, 3.8) is 0 Å². The maximum absolute atomic E-state index is 12.6. The lowest BCUT2D eigenvalue weighted by Crippen LogP contribution is -2.42. The van der Waals surface area contributed by atoms with Crippen molar-refractivity contribution in [3.05, 3.63) is 0 Å². The molecule has 0 aromatic carbocycles. The molecule has 0 fully saturated rings. The highest BCUT2D eigenvalue weighted by atomic mass is 19.1. The van der Waals surface area contributed by atoms with E-state index in [0.29, 0.717) is 6.42 Å². The van der Waals surface area contributed by atoms with Gasteiger partial charge in [-0.1, -0.05) is 13.3 Å². The number of ether oxygens (including phenoxy) is 2. The number of hydrogen-bond acceptors (Lipinski definition) is 4. The van der Waals surface area contributed by atoms with Gasteiger partial charge in [0, 0.05) is 6.42 Å². The van der Waals surface area contributed by atoms with Gasteiger partial charge in [0.15, 0.2) is 5.41 Å². The summed E-state index contributed by atoms with van der Waals surface area (Å²) in [4.78, 5) is 23.7. The summed E-state index contributed by atoms with van der Waals surface area (Å²) in [5.41, 5.74) is -1.48. The molecular weight excluding hydrogens is 227 g/mol. The van der Waals surface area contributed by atoms with E-state index in [0.717, 1.165) is 0 Å². The van der Waals surface area contributed by atoms with Gasteiger partial charge in [0.05, 0.1) is 19.9 Å². The fourth-order valence-electron chi connectivity index (χ4n) is 1.74. The first-order valence-corrected chi connectivity index (χ1v) is 5.99. The molecule has 0 atom stereocenters. The van der Waals surface area contributed by atoms with Crippen LogP contribution in [0.15, 0.2) is 0 Å². The first-order valence-electron chi connectivity index (χ1n) is 5.99. The molecule has 100 valence electrons. The van der Waals surface area contributed by atoms with E-state index < -0.39 is 24.0 Å². The summed E-state index contributed by atoms with van der Waals surface area (Å²) in [5.74, 6) is -1.36. The third kappa shape index (κ3) is 3.98. The van der Waals surface area contributed by atoms with Gasteiger partial charge in [0.25, 0.3) is 0 Å². The van der Waals surface area contributed by atoms with Crippen LogP contribution in [-0.2, 0) is 19.1 Å². The van der Waals surface area contributed by atoms with E-state index in [1.165, 1.54) is 0 Å². The Balaban J connectivity index is 5.09. The zero-order valence-electron chi connectivity index (χ0n) is 10.8. The molecule has 0 aliphatic carbocycles. The van der Waals surface area contributed by atoms with Crippen LogP contribution < -0.4 is 0 Å². The standard InChI is InChI=1S/C12H21FO4/c1-4-7-12(8-9-13,10(14)16-5-2)11(15)17-6-3/h4-9H2,1-3H3. The van der Waals surface area contributed by atoms with Gasteiger partial charge in [-0.05, 0) is 20.3 Å². The minimum atomic E-state index is -1.48. The molecule has 0 aliphatic heterocycles. The summed E-state index contributed by atoms with van der Waals surface area (Å²) in [5, 5.41) is 0. The van der Waals surface area contributed by atoms with Gasteiger partial charge < -0.3 is 9.47 Å². The summed E-state index contributed by atoms with van der Waals surface area (Å²) in [6.45, 7) is 4.69. The Labute approximate surface area is 101 Å². The van der Waals surface area contributed by atoms with Crippen LogP contribution >= 0.6 is 0 Å². The summed E-state index contributed by atoms with van der Waals surface area (Å²) < 4.78 is 22.3. The zero-order chi connectivity index (χ0) is 13.3. The lowest BCUT2D eigenvalue weighted by Gasteiger charge is -2.27. The molecule has 17 heavy (non-hydrogen) atoms. The van der Waals surface area contributed by atoms with Crippen LogP contribution in [0.1, 0.15) is 40.0 Å². The number of alkyl halides is 1. The van der Waals surface area contributed by atoms with Crippen molar-refractivity contribution in [2.75, 3.05) is 19.9 Å². The lowest BCUT2D eigenvalue weighted by atomic mass is 9.80. The maximum atomic E-state index is 12.6. The molecule has 0 amide bonds. The van der Waals surface area contributed by atoms with E-state index in [-0.39, 0.29) is 26.1 Å². The molecule has 0 aromatic heterocycles. The van der Waals surface area contributed by atoms with E-state index in [9.17, 15) is 14.0 Å². The Kier molecular flexibility index (Phi) is 7.50. The number of carbonyl (C=O) groups excluding carboxylic acids is 2. The fourth-order valence-corrected chi connectivity index (χ4v) is 1.74. The minimum Gasteiger partial charge on any atom is -0.465 e. The van der Waals surface area contributed by atoms with Crippen molar-refractivity contribution in [1.82, 2.24) is 0 Å². The molecular formula is C12H21FO4. The highest BCUT2D eigenvalue weighted by Crippen LogP contribution is 2.32. The third-order valence-electron chi connectivity index (χ3n) is 2.53. The molecule has 0 saturated heterocycles. The van der Waals surface area contributed by atoms with Gasteiger partial charge >= 0.3 is 11.9 Å². The molecule has 5 heteroatoms. The molecule has 0 N–H and O–H groups in total. The smallest absolute Gasteiger partial charge is 0.323 e. The predicted molar refractivity (Wildman–Crippen MR) is 61.2 cm³/mol. The second-order valence-electron chi connectivity index (χ2n) is 3.71. The molecule has 0 aromatic rings. The summed E-state index contributed by atoms with van der Waals surface area (Å²) in [7, 11) is 0. The summed E-state index contributed by atoms with van der Waals surface area (Å²) in [6.07, 6.45) is 0.644. The number of hydrogen-bond donors (Lipinski definition) is 0. The Morgan fingerprint density at radius 2 is 1.47 bits per heavy atom. The largest absolute Gasteiger partial charge is 0.465 e. The summed E-state index contributed by atoms with van der Waals surface area (Å²) in [6, 6.07) is 0. The molecule has 0 rings (SSSR count). The van der Waals surface area contributed by atoms with Gasteiger partial charge in [-0.25, -0.2) is 0 Å². The van der Waals surface area contributed by atoms with Crippen LogP contribution in [0, 0.1) is 5.41 Å². The van der Waals surface area contributed by atoms with Gasteiger partial charge in [0.1, 0.15) is 0 Å². The average Bonchev–Trinajstić information content (AvgIpc) is 2.29. The van der Waals surface area contributed by atoms with Crippen molar-refractivity contribution >= 4 is 11.9 Å². The Hall–Kier alpha value is -1.13. The van der Waals surface area contributed by atoms with E-state index in [4.69, 9.17) is 9.47 Å². The molecule has 0 unspecified atom stereocenters. The van der Waals surface area contributed by atoms with Crippen molar-refractivity contribution < 1.29 is 23.5 Å². The van der Waals surface area contributed by atoms with E-state index in [1.807, 2.05) is 6.92 Å². The molecule has 0 aliphatic rings. The second-order valence-corrected chi connectivity index (χ2v) is 3.71. The number of rotatable bonds is 8. The quantitative estimate of drug-likeness (QED) is 0.488. The molecule has 0 saturated carbocycles. The first-order chi connectivity index (χ1) is 8.08. The van der Waals surface area contributed by atoms with E-state index >= 15 is 0 Å². The van der Waals surface area contributed by atoms with Crippen LogP contribution in [-0.4, -0.2) is 31.8 Å². The van der Waals surface area contributed by atoms with Crippen molar-refractivity contribution in [3.8, 4) is 0 Å². The maximum Gasteiger partial charge on any atom is 0.323 e. The molecule has 0 spiro atoms. The highest BCUT2D eigenvalue weighted by Gasteiger charge is 2.47. The summed E-state index contributed by atoms with van der Waals surface area (Å²) >= 11 is 0. The van der Waals surface area contributed by atoms with Gasteiger partial charge in [0.2, 0.25) is 0 Å². The van der Waals surface area contributed by atoms with Crippen LogP contribution in [0.4, 0.5) is 4.39 Å². The Morgan fingerprint density at radius 1 is 1.00 bits per heavy atom. The van der Waals surface area contributed by atoms with Crippen molar-refractivity contribution in [2.45, 2.75) is 40.0 Å². The SMILES string of the molecule is CCCC(CCF)(C(=O)OCC)C(=O)OCC. The zero-order valence-corrected chi connectivity index (χ0v) is 10.8. The number of halogens is 1. The molecule has 0 bridgehead atoms. The average molecular weight is 248 g/mol.